The molecule has 31 heavy (non-hydrogen) atoms. The van der Waals surface area contributed by atoms with Gasteiger partial charge < -0.3 is 10.2 Å². The summed E-state index contributed by atoms with van der Waals surface area (Å²) in [7, 11) is 0. The maximum absolute atomic E-state index is 13.1. The number of likely N-dealkylation sites (tertiary alicyclic amines) is 1. The van der Waals surface area contributed by atoms with Gasteiger partial charge in [-0.3, -0.25) is 14.3 Å². The highest BCUT2D eigenvalue weighted by molar-refractivity contribution is 6.09. The van der Waals surface area contributed by atoms with Crippen LogP contribution >= 0.6 is 0 Å². The van der Waals surface area contributed by atoms with Gasteiger partial charge in [0, 0.05) is 24.3 Å². The maximum atomic E-state index is 13.1. The smallest absolute Gasteiger partial charge is 0.256 e. The summed E-state index contributed by atoms with van der Waals surface area (Å²) in [5.41, 5.74) is 5.62. The molecule has 1 saturated heterocycles. The fourth-order valence-corrected chi connectivity index (χ4v) is 4.15. The third-order valence-electron chi connectivity index (χ3n) is 5.75. The molecule has 1 aliphatic heterocycles. The molecule has 160 valence electrons. The van der Waals surface area contributed by atoms with E-state index in [1.165, 1.54) is 0 Å². The van der Waals surface area contributed by atoms with Gasteiger partial charge in [0.25, 0.3) is 11.8 Å². The third-order valence-corrected chi connectivity index (χ3v) is 5.75. The Balaban J connectivity index is 1.56. The van der Waals surface area contributed by atoms with E-state index in [0.717, 1.165) is 48.4 Å². The molecule has 2 amide bonds. The molecule has 0 saturated carbocycles. The number of hydrogen-bond donors (Lipinski definition) is 1. The van der Waals surface area contributed by atoms with Gasteiger partial charge in [-0.1, -0.05) is 24.3 Å². The lowest BCUT2D eigenvalue weighted by Crippen LogP contribution is -2.29. The van der Waals surface area contributed by atoms with Crippen LogP contribution < -0.4 is 5.32 Å². The van der Waals surface area contributed by atoms with Gasteiger partial charge in [0.2, 0.25) is 0 Å². The quantitative estimate of drug-likeness (QED) is 0.673. The van der Waals surface area contributed by atoms with Crippen molar-refractivity contribution in [2.45, 2.75) is 40.2 Å². The van der Waals surface area contributed by atoms with Crippen LogP contribution in [0.25, 0.3) is 0 Å². The molecule has 6 nitrogen and oxygen atoms in total. The van der Waals surface area contributed by atoms with E-state index in [1.807, 2.05) is 66.8 Å². The lowest BCUT2D eigenvalue weighted by atomic mass is 10.0. The summed E-state index contributed by atoms with van der Waals surface area (Å²) in [5.74, 6) is -0.236. The molecular weight excluding hydrogens is 388 g/mol. The van der Waals surface area contributed by atoms with Crippen LogP contribution in [0.1, 0.15) is 56.1 Å². The van der Waals surface area contributed by atoms with E-state index in [2.05, 4.69) is 10.4 Å². The number of amides is 2. The van der Waals surface area contributed by atoms with Crippen molar-refractivity contribution in [3.63, 3.8) is 0 Å². The van der Waals surface area contributed by atoms with Crippen LogP contribution in [0, 0.1) is 20.8 Å². The topological polar surface area (TPSA) is 67.2 Å². The zero-order chi connectivity index (χ0) is 22.0. The van der Waals surface area contributed by atoms with Crippen LogP contribution in [0.4, 0.5) is 5.69 Å². The molecule has 0 unspecified atom stereocenters. The van der Waals surface area contributed by atoms with E-state index in [4.69, 9.17) is 0 Å². The average Bonchev–Trinajstić information content (AvgIpc) is 3.38. The lowest BCUT2D eigenvalue weighted by molar-refractivity contribution is 0.0793. The average molecular weight is 417 g/mol. The zero-order valence-electron chi connectivity index (χ0n) is 18.3. The highest BCUT2D eigenvalue weighted by Crippen LogP contribution is 2.24. The molecule has 1 fully saturated rings. The summed E-state index contributed by atoms with van der Waals surface area (Å²) in [6.07, 6.45) is 2.06. The molecule has 0 aliphatic carbocycles. The van der Waals surface area contributed by atoms with Crippen LogP contribution in [0.2, 0.25) is 0 Å². The first-order valence-corrected chi connectivity index (χ1v) is 10.7. The molecule has 1 aromatic heterocycles. The van der Waals surface area contributed by atoms with Gasteiger partial charge >= 0.3 is 0 Å². The minimum absolute atomic E-state index is 0.0100. The second-order valence-corrected chi connectivity index (χ2v) is 8.24. The summed E-state index contributed by atoms with van der Waals surface area (Å²) in [6, 6.07) is 15.1. The van der Waals surface area contributed by atoms with Gasteiger partial charge in [-0.05, 0) is 69.0 Å². The van der Waals surface area contributed by atoms with Crippen molar-refractivity contribution in [2.75, 3.05) is 18.4 Å². The van der Waals surface area contributed by atoms with Crippen molar-refractivity contribution in [3.05, 3.63) is 82.2 Å². The Morgan fingerprint density at radius 1 is 1.00 bits per heavy atom. The molecule has 1 N–H and O–H groups in total. The molecule has 4 rings (SSSR count). The van der Waals surface area contributed by atoms with Gasteiger partial charge in [0.15, 0.2) is 0 Å². The van der Waals surface area contributed by atoms with Crippen LogP contribution in [0.3, 0.4) is 0 Å². The van der Waals surface area contributed by atoms with Crippen LogP contribution in [0.15, 0.2) is 48.5 Å². The number of aromatic nitrogens is 2. The molecule has 0 bridgehead atoms. The minimum atomic E-state index is -0.226. The third kappa shape index (κ3) is 4.53. The van der Waals surface area contributed by atoms with Crippen LogP contribution in [0.5, 0.6) is 0 Å². The van der Waals surface area contributed by atoms with E-state index in [0.29, 0.717) is 23.4 Å². The van der Waals surface area contributed by atoms with Crippen molar-refractivity contribution >= 4 is 17.5 Å². The Kier molecular flexibility index (Phi) is 5.89. The zero-order valence-corrected chi connectivity index (χ0v) is 18.3. The van der Waals surface area contributed by atoms with Crippen molar-refractivity contribution in [1.82, 2.24) is 14.7 Å². The number of anilines is 1. The summed E-state index contributed by atoms with van der Waals surface area (Å²) >= 11 is 0. The Labute approximate surface area is 182 Å². The summed E-state index contributed by atoms with van der Waals surface area (Å²) in [6.45, 7) is 8.05. The molecule has 2 heterocycles. The molecule has 0 spiro atoms. The fourth-order valence-electron chi connectivity index (χ4n) is 4.15. The van der Waals surface area contributed by atoms with E-state index in [-0.39, 0.29) is 11.8 Å². The first kappa shape index (κ1) is 20.8. The van der Waals surface area contributed by atoms with Gasteiger partial charge in [-0.15, -0.1) is 0 Å². The number of carbonyl (C=O) groups excluding carboxylic acids is 2. The summed E-state index contributed by atoms with van der Waals surface area (Å²) < 4.78 is 1.93. The van der Waals surface area contributed by atoms with Gasteiger partial charge in [-0.2, -0.15) is 5.10 Å². The molecule has 2 aromatic carbocycles. The van der Waals surface area contributed by atoms with Crippen molar-refractivity contribution in [3.8, 4) is 0 Å². The number of hydrogen-bond acceptors (Lipinski definition) is 3. The first-order chi connectivity index (χ1) is 14.9. The largest absolute Gasteiger partial charge is 0.339 e. The second-order valence-electron chi connectivity index (χ2n) is 8.24. The van der Waals surface area contributed by atoms with Crippen molar-refractivity contribution in [1.29, 1.82) is 0 Å². The van der Waals surface area contributed by atoms with E-state index < -0.39 is 0 Å². The van der Waals surface area contributed by atoms with Crippen LogP contribution in [-0.2, 0) is 6.54 Å². The molecule has 0 radical (unpaired) electrons. The Morgan fingerprint density at radius 2 is 1.74 bits per heavy atom. The predicted octanol–water partition coefficient (Wildman–Crippen LogP) is 4.34. The van der Waals surface area contributed by atoms with Crippen molar-refractivity contribution < 1.29 is 9.59 Å². The Morgan fingerprint density at radius 3 is 2.45 bits per heavy atom. The molecule has 1 aliphatic rings. The monoisotopic (exact) mass is 416 g/mol. The van der Waals surface area contributed by atoms with Crippen LogP contribution in [-0.4, -0.2) is 39.6 Å². The Hall–Kier alpha value is -3.41. The summed E-state index contributed by atoms with van der Waals surface area (Å²) in [4.78, 5) is 28.0. The van der Waals surface area contributed by atoms with Gasteiger partial charge in [0.05, 0.1) is 23.5 Å². The first-order valence-electron chi connectivity index (χ1n) is 10.7. The lowest BCUT2D eigenvalue weighted by Gasteiger charge is -2.20. The van der Waals surface area contributed by atoms with Gasteiger partial charge in [-0.25, -0.2) is 0 Å². The van der Waals surface area contributed by atoms with E-state index in [1.54, 1.807) is 12.1 Å². The molecule has 0 atom stereocenters. The molecule has 6 heteroatoms. The SMILES string of the molecule is Cc1cc(C)n(Cc2cccc(C(=O)Nc3cccc(C)c3C(=O)N3CCCC3)c2)n1. The van der Waals surface area contributed by atoms with E-state index >= 15 is 0 Å². The summed E-state index contributed by atoms with van der Waals surface area (Å²) in [5, 5.41) is 7.47. The Bertz CT molecular complexity index is 1130. The predicted molar refractivity (Wildman–Crippen MR) is 122 cm³/mol. The number of aryl methyl sites for hydroxylation is 3. The molecular formula is C25H28N4O2. The number of nitrogens with zero attached hydrogens (tertiary/aromatic N) is 3. The maximum Gasteiger partial charge on any atom is 0.256 e. The number of nitrogens with one attached hydrogen (secondary N) is 1. The highest BCUT2D eigenvalue weighted by Gasteiger charge is 2.24. The number of rotatable bonds is 5. The highest BCUT2D eigenvalue weighted by atomic mass is 16.2. The van der Waals surface area contributed by atoms with E-state index in [9.17, 15) is 9.59 Å². The number of carbonyl (C=O) groups is 2. The minimum Gasteiger partial charge on any atom is -0.339 e. The van der Waals surface area contributed by atoms with Gasteiger partial charge in [0.1, 0.15) is 0 Å². The normalized spacial score (nSPS) is 13.5. The standard InChI is InChI=1S/C25H28N4O2/c1-17-8-6-11-22(23(17)25(31)28-12-4-5-13-28)26-24(30)21-10-7-9-20(15-21)16-29-19(3)14-18(2)27-29/h6-11,14-15H,4-5,12-13,16H2,1-3H3,(H,26,30). The fraction of sp³-hybridized carbons (Fsp3) is 0.320. The molecule has 3 aromatic rings. The van der Waals surface area contributed by atoms with Crippen molar-refractivity contribution in [2.24, 2.45) is 0 Å². The number of benzene rings is 2. The second kappa shape index (κ2) is 8.76.